The van der Waals surface area contributed by atoms with E-state index in [1.165, 1.54) is 5.56 Å². The van der Waals surface area contributed by atoms with Crippen LogP contribution in [0.5, 0.6) is 0 Å². The molecule has 0 fully saturated rings. The molecule has 0 aliphatic carbocycles. The number of nitrogens with zero attached hydrogens (tertiary/aromatic N) is 4. The molecule has 24 heavy (non-hydrogen) atoms. The fourth-order valence-corrected chi connectivity index (χ4v) is 3.31. The molecule has 0 saturated carbocycles. The van der Waals surface area contributed by atoms with Gasteiger partial charge in [0.15, 0.2) is 0 Å². The van der Waals surface area contributed by atoms with Crippen molar-refractivity contribution in [2.45, 2.75) is 19.8 Å². The van der Waals surface area contributed by atoms with Gasteiger partial charge in [0.1, 0.15) is 0 Å². The molecule has 1 amide bonds. The lowest BCUT2D eigenvalue weighted by molar-refractivity contribution is 0.0985. The van der Waals surface area contributed by atoms with Crippen LogP contribution < -0.4 is 4.90 Å². The van der Waals surface area contributed by atoms with Crippen LogP contribution in [0.15, 0.2) is 54.9 Å². The summed E-state index contributed by atoms with van der Waals surface area (Å²) in [5.74, 6) is 0.0513. The molecule has 3 aromatic rings. The molecule has 120 valence electrons. The largest absolute Gasteiger partial charge is 0.308 e. The average molecular weight is 318 g/mol. The minimum Gasteiger partial charge on any atom is -0.308 e. The van der Waals surface area contributed by atoms with Crippen molar-refractivity contribution in [3.63, 3.8) is 0 Å². The summed E-state index contributed by atoms with van der Waals surface area (Å²) in [5.41, 5.74) is 5.07. The number of aromatic nitrogens is 3. The summed E-state index contributed by atoms with van der Waals surface area (Å²) in [6, 6.07) is 13.7. The molecule has 2 aromatic carbocycles. The van der Waals surface area contributed by atoms with Gasteiger partial charge in [-0.15, -0.1) is 5.10 Å². The summed E-state index contributed by atoms with van der Waals surface area (Å²) in [5, 5.41) is 7.77. The maximum absolute atomic E-state index is 13.0. The number of hydrogen-bond acceptors (Lipinski definition) is 3. The van der Waals surface area contributed by atoms with Crippen LogP contribution in [0.4, 0.5) is 5.69 Å². The Morgan fingerprint density at radius 1 is 1.12 bits per heavy atom. The van der Waals surface area contributed by atoms with Crippen LogP contribution in [0.2, 0.25) is 0 Å². The van der Waals surface area contributed by atoms with Gasteiger partial charge in [0.2, 0.25) is 0 Å². The topological polar surface area (TPSA) is 51.0 Å². The highest BCUT2D eigenvalue weighted by atomic mass is 16.2. The van der Waals surface area contributed by atoms with Crippen LogP contribution in [0, 0.1) is 6.92 Å². The second kappa shape index (κ2) is 5.92. The van der Waals surface area contributed by atoms with E-state index in [-0.39, 0.29) is 5.91 Å². The number of carbonyl (C=O) groups excluding carboxylic acids is 1. The molecular formula is C19H18N4O. The summed E-state index contributed by atoms with van der Waals surface area (Å²) in [4.78, 5) is 14.9. The lowest BCUT2D eigenvalue weighted by Crippen LogP contribution is -2.36. The molecule has 1 aliphatic rings. The van der Waals surface area contributed by atoms with Crippen molar-refractivity contribution in [1.82, 2.24) is 15.0 Å². The summed E-state index contributed by atoms with van der Waals surface area (Å²) in [6.07, 6.45) is 5.44. The Morgan fingerprint density at radius 3 is 2.71 bits per heavy atom. The monoisotopic (exact) mass is 318 g/mol. The standard InChI is InChI=1S/C19H18N4O/c1-14-4-2-5-15-6-3-12-22(18(14)15)19(24)16-7-9-17(10-8-16)23-13-11-20-21-23/h2,4-5,7-11,13H,3,6,12H2,1H3. The first-order chi connectivity index (χ1) is 11.7. The molecule has 0 spiro atoms. The van der Waals surface area contributed by atoms with Gasteiger partial charge in [-0.1, -0.05) is 23.4 Å². The van der Waals surface area contributed by atoms with Crippen molar-refractivity contribution in [1.29, 1.82) is 0 Å². The third kappa shape index (κ3) is 2.48. The normalized spacial score (nSPS) is 13.6. The summed E-state index contributed by atoms with van der Waals surface area (Å²) in [6.45, 7) is 2.83. The summed E-state index contributed by atoms with van der Waals surface area (Å²) < 4.78 is 1.68. The highest BCUT2D eigenvalue weighted by molar-refractivity contribution is 6.07. The van der Waals surface area contributed by atoms with Crippen LogP contribution in [-0.4, -0.2) is 27.4 Å². The fraction of sp³-hybridized carbons (Fsp3) is 0.211. The summed E-state index contributed by atoms with van der Waals surface area (Å²) in [7, 11) is 0. The Labute approximate surface area is 140 Å². The van der Waals surface area contributed by atoms with Crippen molar-refractivity contribution in [2.75, 3.05) is 11.4 Å². The Bertz CT molecular complexity index is 869. The number of hydrogen-bond donors (Lipinski definition) is 0. The third-order valence-electron chi connectivity index (χ3n) is 4.47. The second-order valence-electron chi connectivity index (χ2n) is 6.04. The number of rotatable bonds is 2. The highest BCUT2D eigenvalue weighted by Gasteiger charge is 2.24. The van der Waals surface area contributed by atoms with Gasteiger partial charge in [0.25, 0.3) is 5.91 Å². The molecule has 5 nitrogen and oxygen atoms in total. The van der Waals surface area contributed by atoms with Gasteiger partial charge in [-0.25, -0.2) is 4.68 Å². The zero-order valence-electron chi connectivity index (χ0n) is 13.5. The molecule has 0 saturated heterocycles. The van der Waals surface area contributed by atoms with Crippen LogP contribution in [0.3, 0.4) is 0 Å². The van der Waals surface area contributed by atoms with Gasteiger partial charge in [0, 0.05) is 12.1 Å². The fourth-order valence-electron chi connectivity index (χ4n) is 3.31. The minimum absolute atomic E-state index is 0.0513. The predicted octanol–water partition coefficient (Wildman–Crippen LogP) is 3.17. The Hall–Kier alpha value is -2.95. The first-order valence-electron chi connectivity index (χ1n) is 8.11. The lowest BCUT2D eigenvalue weighted by atomic mass is 9.97. The van der Waals surface area contributed by atoms with E-state index in [9.17, 15) is 4.79 Å². The molecule has 0 N–H and O–H groups in total. The van der Waals surface area contributed by atoms with Gasteiger partial charge in [0.05, 0.1) is 23.8 Å². The second-order valence-corrected chi connectivity index (χ2v) is 6.04. The lowest BCUT2D eigenvalue weighted by Gasteiger charge is -2.31. The number of aryl methyl sites for hydroxylation is 2. The molecule has 0 atom stereocenters. The SMILES string of the molecule is Cc1cccc2c1N(C(=O)c1ccc(-n3ccnn3)cc1)CCC2. The maximum Gasteiger partial charge on any atom is 0.258 e. The minimum atomic E-state index is 0.0513. The summed E-state index contributed by atoms with van der Waals surface area (Å²) >= 11 is 0. The zero-order valence-corrected chi connectivity index (χ0v) is 13.5. The van der Waals surface area contributed by atoms with E-state index >= 15 is 0 Å². The molecule has 0 unspecified atom stereocenters. The number of benzene rings is 2. The molecule has 2 heterocycles. The number of fused-ring (bicyclic) bond motifs is 1. The van der Waals surface area contributed by atoms with E-state index in [0.717, 1.165) is 36.3 Å². The van der Waals surface area contributed by atoms with Crippen molar-refractivity contribution >= 4 is 11.6 Å². The van der Waals surface area contributed by atoms with Crippen LogP contribution in [0.1, 0.15) is 27.9 Å². The van der Waals surface area contributed by atoms with Crippen molar-refractivity contribution in [3.8, 4) is 5.69 Å². The molecule has 4 rings (SSSR count). The highest BCUT2D eigenvalue weighted by Crippen LogP contribution is 2.31. The molecule has 1 aliphatic heterocycles. The van der Waals surface area contributed by atoms with E-state index in [1.807, 2.05) is 29.2 Å². The van der Waals surface area contributed by atoms with Crippen molar-refractivity contribution < 1.29 is 4.79 Å². The number of para-hydroxylation sites is 1. The first-order valence-corrected chi connectivity index (χ1v) is 8.11. The number of anilines is 1. The smallest absolute Gasteiger partial charge is 0.258 e. The molecule has 0 bridgehead atoms. The Kier molecular flexibility index (Phi) is 3.61. The molecule has 0 radical (unpaired) electrons. The van der Waals surface area contributed by atoms with Crippen LogP contribution in [0.25, 0.3) is 5.69 Å². The van der Waals surface area contributed by atoms with Gasteiger partial charge >= 0.3 is 0 Å². The van der Waals surface area contributed by atoms with Gasteiger partial charge in [-0.3, -0.25) is 4.79 Å². The van der Waals surface area contributed by atoms with E-state index in [1.54, 1.807) is 17.1 Å². The van der Waals surface area contributed by atoms with Gasteiger partial charge < -0.3 is 4.90 Å². The van der Waals surface area contributed by atoms with Crippen LogP contribution in [-0.2, 0) is 6.42 Å². The maximum atomic E-state index is 13.0. The number of amides is 1. The van der Waals surface area contributed by atoms with E-state index in [2.05, 4.69) is 35.4 Å². The average Bonchev–Trinajstić information content (AvgIpc) is 3.16. The zero-order chi connectivity index (χ0) is 16.5. The third-order valence-corrected chi connectivity index (χ3v) is 4.47. The molecule has 5 heteroatoms. The van der Waals surface area contributed by atoms with Crippen molar-refractivity contribution in [2.24, 2.45) is 0 Å². The van der Waals surface area contributed by atoms with Gasteiger partial charge in [-0.2, -0.15) is 0 Å². The predicted molar refractivity (Wildman–Crippen MR) is 92.5 cm³/mol. The van der Waals surface area contributed by atoms with E-state index in [0.29, 0.717) is 5.56 Å². The Balaban J connectivity index is 1.66. The van der Waals surface area contributed by atoms with E-state index in [4.69, 9.17) is 0 Å². The van der Waals surface area contributed by atoms with Crippen molar-refractivity contribution in [3.05, 3.63) is 71.5 Å². The Morgan fingerprint density at radius 2 is 1.96 bits per heavy atom. The van der Waals surface area contributed by atoms with Crippen LogP contribution >= 0.6 is 0 Å². The molecular weight excluding hydrogens is 300 g/mol. The number of carbonyl (C=O) groups is 1. The molecule has 1 aromatic heterocycles. The quantitative estimate of drug-likeness (QED) is 0.729. The van der Waals surface area contributed by atoms with E-state index < -0.39 is 0 Å². The first kappa shape index (κ1) is 14.6. The van der Waals surface area contributed by atoms with Gasteiger partial charge in [-0.05, 0) is 55.2 Å².